The lowest BCUT2D eigenvalue weighted by atomic mass is 9.98. The summed E-state index contributed by atoms with van der Waals surface area (Å²) >= 11 is 0. The Morgan fingerprint density at radius 2 is 1.03 bits per heavy atom. The Hall–Kier alpha value is -1.52. The van der Waals surface area contributed by atoms with Crippen LogP contribution in [0, 0.1) is 0 Å². The van der Waals surface area contributed by atoms with Gasteiger partial charge in [0.05, 0.1) is 12.2 Å². The van der Waals surface area contributed by atoms with Crippen LogP contribution < -0.4 is 0 Å². The molecule has 2 atom stereocenters. The molecule has 0 N–H and O–H groups in total. The fourth-order valence-electron chi connectivity index (χ4n) is 5.17. The summed E-state index contributed by atoms with van der Waals surface area (Å²) in [7, 11) is 3.72. The molecule has 0 aromatic heterocycles. The Bertz CT molecular complexity index is 596. The van der Waals surface area contributed by atoms with Crippen molar-refractivity contribution in [1.82, 2.24) is 9.80 Å². The molecule has 0 fully saturated rings. The van der Waals surface area contributed by atoms with Gasteiger partial charge >= 0.3 is 0 Å². The van der Waals surface area contributed by atoms with Crippen molar-refractivity contribution < 1.29 is 9.47 Å². The van der Waals surface area contributed by atoms with Crippen molar-refractivity contribution in [2.75, 3.05) is 40.4 Å². The van der Waals surface area contributed by atoms with Crippen molar-refractivity contribution >= 4 is 0 Å². The van der Waals surface area contributed by atoms with Gasteiger partial charge in [-0.2, -0.15) is 0 Å². The minimum atomic E-state index is 0.313. The molecule has 3 aliphatic rings. The summed E-state index contributed by atoms with van der Waals surface area (Å²) < 4.78 is 11.5. The smallest absolute Gasteiger partial charge is 0.0815 e. The highest BCUT2D eigenvalue weighted by molar-refractivity contribution is 5.13. The highest BCUT2D eigenvalue weighted by Crippen LogP contribution is 2.24. The fraction of sp³-hybridized carbons (Fsp3) is 0.714. The normalized spacial score (nSPS) is 29.2. The first-order chi connectivity index (χ1) is 15.8. The SMILES string of the molecule is COC1CCN2C=C1CC/C=C\CCCCN1C=C(CC/C=C\CCCC2)C(OC)CC1. The quantitative estimate of drug-likeness (QED) is 0.474. The van der Waals surface area contributed by atoms with Gasteiger partial charge in [0, 0.05) is 52.8 Å². The maximum absolute atomic E-state index is 5.76. The number of hydrogen-bond donors (Lipinski definition) is 0. The minimum Gasteiger partial charge on any atom is -0.377 e. The van der Waals surface area contributed by atoms with Crippen LogP contribution in [0.3, 0.4) is 0 Å². The monoisotopic (exact) mass is 442 g/mol. The second kappa shape index (κ2) is 14.6. The molecular formula is C28H46N2O2. The van der Waals surface area contributed by atoms with Crippen LogP contribution in [0.5, 0.6) is 0 Å². The van der Waals surface area contributed by atoms with Gasteiger partial charge in [0.25, 0.3) is 0 Å². The molecule has 0 spiro atoms. The third-order valence-electron chi connectivity index (χ3n) is 7.11. The van der Waals surface area contributed by atoms with Crippen LogP contribution in [0.4, 0.5) is 0 Å². The van der Waals surface area contributed by atoms with Crippen LogP contribution in [-0.4, -0.2) is 62.4 Å². The number of fused-ring (bicyclic) bond motifs is 2. The average molecular weight is 443 g/mol. The molecule has 0 aromatic carbocycles. The first-order valence-electron chi connectivity index (χ1n) is 13.0. The average Bonchev–Trinajstić information content (AvgIpc) is 2.82. The number of rotatable bonds is 2. The summed E-state index contributed by atoms with van der Waals surface area (Å²) in [5.41, 5.74) is 2.96. The third-order valence-corrected chi connectivity index (χ3v) is 7.11. The Morgan fingerprint density at radius 1 is 0.594 bits per heavy atom. The van der Waals surface area contributed by atoms with Gasteiger partial charge in [-0.3, -0.25) is 0 Å². The second-order valence-corrected chi connectivity index (χ2v) is 9.52. The van der Waals surface area contributed by atoms with Gasteiger partial charge in [-0.1, -0.05) is 24.3 Å². The maximum Gasteiger partial charge on any atom is 0.0815 e. The molecular weight excluding hydrogens is 396 g/mol. The van der Waals surface area contributed by atoms with Gasteiger partial charge in [0.2, 0.25) is 0 Å². The molecule has 3 aliphatic heterocycles. The van der Waals surface area contributed by atoms with Crippen molar-refractivity contribution in [2.45, 2.75) is 89.3 Å². The Balaban J connectivity index is 1.56. The summed E-state index contributed by atoms with van der Waals surface area (Å²) in [5.74, 6) is 0. The molecule has 32 heavy (non-hydrogen) atoms. The van der Waals surface area contributed by atoms with E-state index in [0.717, 1.165) is 51.6 Å². The van der Waals surface area contributed by atoms with E-state index >= 15 is 0 Å². The lowest BCUT2D eigenvalue weighted by molar-refractivity contribution is 0.0998. The third kappa shape index (κ3) is 8.44. The van der Waals surface area contributed by atoms with E-state index in [1.54, 1.807) is 0 Å². The van der Waals surface area contributed by atoms with Crippen LogP contribution in [0.2, 0.25) is 0 Å². The summed E-state index contributed by atoms with van der Waals surface area (Å²) in [6, 6.07) is 0. The first-order valence-corrected chi connectivity index (χ1v) is 13.0. The largest absolute Gasteiger partial charge is 0.377 e. The Morgan fingerprint density at radius 3 is 1.47 bits per heavy atom. The lowest BCUT2D eigenvalue weighted by Crippen LogP contribution is -2.32. The van der Waals surface area contributed by atoms with E-state index in [2.05, 4.69) is 46.5 Å². The second-order valence-electron chi connectivity index (χ2n) is 9.52. The molecule has 3 heterocycles. The molecule has 4 bridgehead atoms. The zero-order valence-electron chi connectivity index (χ0n) is 20.6. The number of hydrogen-bond acceptors (Lipinski definition) is 4. The summed E-state index contributed by atoms with van der Waals surface area (Å²) in [4.78, 5) is 5.05. The van der Waals surface area contributed by atoms with E-state index in [4.69, 9.17) is 9.47 Å². The predicted molar refractivity (Wildman–Crippen MR) is 135 cm³/mol. The first kappa shape index (κ1) is 25.1. The topological polar surface area (TPSA) is 24.9 Å². The molecule has 2 unspecified atom stereocenters. The summed E-state index contributed by atoms with van der Waals surface area (Å²) in [5, 5.41) is 0. The van der Waals surface area contributed by atoms with Crippen LogP contribution >= 0.6 is 0 Å². The molecule has 3 rings (SSSR count). The highest BCUT2D eigenvalue weighted by atomic mass is 16.5. The van der Waals surface area contributed by atoms with Gasteiger partial charge in [-0.25, -0.2) is 0 Å². The van der Waals surface area contributed by atoms with Gasteiger partial charge in [0.1, 0.15) is 0 Å². The van der Waals surface area contributed by atoms with E-state index in [0.29, 0.717) is 12.2 Å². The molecule has 180 valence electrons. The summed E-state index contributed by atoms with van der Waals surface area (Å²) in [6.45, 7) is 4.59. The van der Waals surface area contributed by atoms with E-state index in [1.807, 2.05) is 14.2 Å². The standard InChI is InChI=1S/C28H46N2O2/c1-31-27-17-21-29-19-13-9-6-4-8-12-16-26-24-30(22-18-28(26)32-2)20-14-10-5-3-7-11-15-25(27)23-29/h3-4,7-8,23-24,27-28H,5-6,9-22H2,1-2H3/b7-3-,8-4-. The van der Waals surface area contributed by atoms with Crippen molar-refractivity contribution in [3.8, 4) is 0 Å². The number of allylic oxidation sites excluding steroid dienone is 4. The number of methoxy groups -OCH3 is 2. The fourth-order valence-corrected chi connectivity index (χ4v) is 5.17. The van der Waals surface area contributed by atoms with Crippen molar-refractivity contribution in [1.29, 1.82) is 0 Å². The molecule has 0 aliphatic carbocycles. The van der Waals surface area contributed by atoms with E-state index in [9.17, 15) is 0 Å². The van der Waals surface area contributed by atoms with Gasteiger partial charge in [-0.15, -0.1) is 0 Å². The minimum absolute atomic E-state index is 0.313. The highest BCUT2D eigenvalue weighted by Gasteiger charge is 2.21. The number of nitrogens with zero attached hydrogens (tertiary/aromatic N) is 2. The van der Waals surface area contributed by atoms with Gasteiger partial charge in [-0.05, 0) is 88.2 Å². The number of ether oxygens (including phenoxy) is 2. The zero-order chi connectivity index (χ0) is 22.4. The van der Waals surface area contributed by atoms with E-state index < -0.39 is 0 Å². The Kier molecular flexibility index (Phi) is 11.5. The molecule has 0 amide bonds. The maximum atomic E-state index is 5.76. The molecule has 0 saturated heterocycles. The van der Waals surface area contributed by atoms with Crippen molar-refractivity contribution in [3.05, 3.63) is 47.9 Å². The summed E-state index contributed by atoms with van der Waals surface area (Å²) in [6.07, 6.45) is 29.2. The Labute approximate surface area is 197 Å². The van der Waals surface area contributed by atoms with Gasteiger partial charge in [0.15, 0.2) is 0 Å². The van der Waals surface area contributed by atoms with Crippen LogP contribution in [0.1, 0.15) is 77.0 Å². The van der Waals surface area contributed by atoms with E-state index in [-0.39, 0.29) is 0 Å². The van der Waals surface area contributed by atoms with Crippen molar-refractivity contribution in [3.63, 3.8) is 0 Å². The van der Waals surface area contributed by atoms with Crippen molar-refractivity contribution in [2.24, 2.45) is 0 Å². The lowest BCUT2D eigenvalue weighted by Gasteiger charge is -2.32. The predicted octanol–water partition coefficient (Wildman–Crippen LogP) is 6.22. The van der Waals surface area contributed by atoms with Gasteiger partial charge < -0.3 is 19.3 Å². The van der Waals surface area contributed by atoms with Crippen LogP contribution in [0.15, 0.2) is 47.9 Å². The molecule has 0 aromatic rings. The van der Waals surface area contributed by atoms with E-state index in [1.165, 1.54) is 62.8 Å². The molecule has 4 nitrogen and oxygen atoms in total. The van der Waals surface area contributed by atoms with Crippen LogP contribution in [-0.2, 0) is 9.47 Å². The van der Waals surface area contributed by atoms with Crippen LogP contribution in [0.25, 0.3) is 0 Å². The molecule has 4 heteroatoms. The zero-order valence-corrected chi connectivity index (χ0v) is 20.6. The molecule has 0 radical (unpaired) electrons. The molecule has 0 saturated carbocycles.